The lowest BCUT2D eigenvalue weighted by Crippen LogP contribution is -2.48. The maximum absolute atomic E-state index is 11.6. The van der Waals surface area contributed by atoms with Crippen LogP contribution in [-0.4, -0.2) is 25.2 Å². The zero-order chi connectivity index (χ0) is 11.3. The molecule has 1 aromatic heterocycles. The highest BCUT2D eigenvalue weighted by Gasteiger charge is 2.26. The fourth-order valence-electron chi connectivity index (χ4n) is 1.10. The van der Waals surface area contributed by atoms with Gasteiger partial charge in [-0.05, 0) is 18.4 Å². The fourth-order valence-corrected chi connectivity index (χ4v) is 1.74. The Bertz CT molecular complexity index is 369. The molecule has 4 nitrogen and oxygen atoms in total. The minimum absolute atomic E-state index is 0.166. The summed E-state index contributed by atoms with van der Waals surface area (Å²) < 4.78 is 4.88. The van der Waals surface area contributed by atoms with Crippen LogP contribution in [0.4, 0.5) is 0 Å². The lowest BCUT2D eigenvalue weighted by atomic mass is 10.1. The van der Waals surface area contributed by atoms with Crippen LogP contribution >= 0.6 is 11.3 Å². The minimum Gasteiger partial charge on any atom is -0.381 e. The highest BCUT2D eigenvalue weighted by atomic mass is 32.1. The van der Waals surface area contributed by atoms with Crippen molar-refractivity contribution in [2.45, 2.75) is 12.5 Å². The van der Waals surface area contributed by atoms with Gasteiger partial charge in [0.2, 0.25) is 0 Å². The number of rotatable bonds is 4. The molecule has 0 spiro atoms. The van der Waals surface area contributed by atoms with Crippen LogP contribution in [0.3, 0.4) is 0 Å². The van der Waals surface area contributed by atoms with Gasteiger partial charge in [-0.25, -0.2) is 0 Å². The third-order valence-corrected chi connectivity index (χ3v) is 2.54. The summed E-state index contributed by atoms with van der Waals surface area (Å²) in [5, 5.41) is 15.1. The van der Waals surface area contributed by atoms with Crippen molar-refractivity contribution in [2.24, 2.45) is 0 Å². The summed E-state index contributed by atoms with van der Waals surface area (Å²) in [7, 11) is 1.49. The summed E-state index contributed by atoms with van der Waals surface area (Å²) in [5.74, 6) is -0.252. The van der Waals surface area contributed by atoms with Crippen LogP contribution in [0.25, 0.3) is 0 Å². The van der Waals surface area contributed by atoms with Gasteiger partial charge in [0.05, 0.1) is 18.2 Å². The first-order chi connectivity index (χ1) is 7.11. The molecule has 0 aromatic carbocycles. The van der Waals surface area contributed by atoms with E-state index in [1.165, 1.54) is 18.4 Å². The molecule has 0 bridgehead atoms. The van der Waals surface area contributed by atoms with Gasteiger partial charge in [-0.1, -0.05) is 0 Å². The molecule has 15 heavy (non-hydrogen) atoms. The molecule has 1 heterocycles. The van der Waals surface area contributed by atoms with Gasteiger partial charge >= 0.3 is 0 Å². The second-order valence-electron chi connectivity index (χ2n) is 3.34. The van der Waals surface area contributed by atoms with Crippen LogP contribution in [0, 0.1) is 11.3 Å². The molecule has 0 saturated carbocycles. The largest absolute Gasteiger partial charge is 0.381 e. The van der Waals surface area contributed by atoms with Crippen molar-refractivity contribution in [3.63, 3.8) is 0 Å². The van der Waals surface area contributed by atoms with E-state index in [1.54, 1.807) is 18.4 Å². The number of ether oxygens (including phenoxy) is 1. The van der Waals surface area contributed by atoms with E-state index in [1.807, 2.05) is 11.4 Å². The molecule has 0 aliphatic carbocycles. The van der Waals surface area contributed by atoms with Crippen LogP contribution in [0.5, 0.6) is 0 Å². The highest BCUT2D eigenvalue weighted by Crippen LogP contribution is 2.09. The van der Waals surface area contributed by atoms with Crippen LogP contribution in [0.15, 0.2) is 16.8 Å². The van der Waals surface area contributed by atoms with Crippen LogP contribution in [-0.2, 0) is 4.74 Å². The van der Waals surface area contributed by atoms with E-state index < -0.39 is 5.54 Å². The predicted molar refractivity (Wildman–Crippen MR) is 57.7 cm³/mol. The van der Waals surface area contributed by atoms with Crippen LogP contribution < -0.4 is 5.32 Å². The summed E-state index contributed by atoms with van der Waals surface area (Å²) in [6, 6.07) is 3.73. The van der Waals surface area contributed by atoms with Crippen LogP contribution in [0.1, 0.15) is 17.3 Å². The van der Waals surface area contributed by atoms with Crippen molar-refractivity contribution in [1.82, 2.24) is 5.32 Å². The number of carbonyl (C=O) groups is 1. The van der Waals surface area contributed by atoms with E-state index in [-0.39, 0.29) is 12.5 Å². The van der Waals surface area contributed by atoms with Gasteiger partial charge in [0.15, 0.2) is 0 Å². The summed E-state index contributed by atoms with van der Waals surface area (Å²) in [5.41, 5.74) is -0.411. The van der Waals surface area contributed by atoms with E-state index in [0.29, 0.717) is 5.56 Å². The molecule has 80 valence electrons. The zero-order valence-corrected chi connectivity index (χ0v) is 9.43. The summed E-state index contributed by atoms with van der Waals surface area (Å²) in [6.07, 6.45) is 0. The lowest BCUT2D eigenvalue weighted by Gasteiger charge is -2.21. The van der Waals surface area contributed by atoms with E-state index >= 15 is 0 Å². The Morgan fingerprint density at radius 1 is 1.80 bits per heavy atom. The number of carbonyl (C=O) groups excluding carboxylic acids is 1. The topological polar surface area (TPSA) is 62.1 Å². The minimum atomic E-state index is -0.978. The van der Waals surface area contributed by atoms with Gasteiger partial charge in [0.1, 0.15) is 5.54 Å². The Morgan fingerprint density at radius 2 is 2.53 bits per heavy atom. The molecule has 1 N–H and O–H groups in total. The third-order valence-electron chi connectivity index (χ3n) is 1.85. The molecule has 1 atom stereocenters. The maximum Gasteiger partial charge on any atom is 0.253 e. The van der Waals surface area contributed by atoms with E-state index in [9.17, 15) is 4.79 Å². The summed E-state index contributed by atoms with van der Waals surface area (Å²) >= 11 is 1.44. The van der Waals surface area contributed by atoms with Gasteiger partial charge in [0, 0.05) is 12.5 Å². The SMILES string of the molecule is COC[C@@](C)(C#N)NC(=O)c1ccsc1. The quantitative estimate of drug-likeness (QED) is 0.841. The van der Waals surface area contributed by atoms with Crippen molar-refractivity contribution in [1.29, 1.82) is 5.26 Å². The normalized spacial score (nSPS) is 13.9. The van der Waals surface area contributed by atoms with Crippen molar-refractivity contribution in [2.75, 3.05) is 13.7 Å². The predicted octanol–water partition coefficient (Wildman–Crippen LogP) is 1.41. The molecule has 1 rings (SSSR count). The molecule has 0 aliphatic rings. The first kappa shape index (κ1) is 11.7. The standard InChI is InChI=1S/C10H12N2O2S/c1-10(6-11,7-14-2)12-9(13)8-3-4-15-5-8/h3-5H,7H2,1-2H3,(H,12,13)/t10-/m1/s1. The monoisotopic (exact) mass is 224 g/mol. The molecular formula is C10H12N2O2S. The number of methoxy groups -OCH3 is 1. The second kappa shape index (κ2) is 4.91. The molecule has 1 aromatic rings. The van der Waals surface area contributed by atoms with Crippen molar-refractivity contribution in [3.05, 3.63) is 22.4 Å². The third kappa shape index (κ3) is 3.05. The molecule has 1 amide bonds. The van der Waals surface area contributed by atoms with Gasteiger partial charge in [0.25, 0.3) is 5.91 Å². The average Bonchev–Trinajstić information content (AvgIpc) is 2.71. The molecule has 0 fully saturated rings. The van der Waals surface area contributed by atoms with E-state index in [0.717, 1.165) is 0 Å². The first-order valence-electron chi connectivity index (χ1n) is 4.36. The number of hydrogen-bond donors (Lipinski definition) is 1. The Balaban J connectivity index is 2.69. The summed E-state index contributed by atoms with van der Waals surface area (Å²) in [6.45, 7) is 1.79. The Labute approximate surface area is 92.5 Å². The molecule has 0 radical (unpaired) electrons. The van der Waals surface area contributed by atoms with Crippen molar-refractivity contribution < 1.29 is 9.53 Å². The lowest BCUT2D eigenvalue weighted by molar-refractivity contribution is 0.0860. The molecule has 5 heteroatoms. The molecular weight excluding hydrogens is 212 g/mol. The number of nitrogens with one attached hydrogen (secondary N) is 1. The number of thiophene rings is 1. The van der Waals surface area contributed by atoms with Crippen molar-refractivity contribution >= 4 is 17.2 Å². The van der Waals surface area contributed by atoms with Gasteiger partial charge in [-0.15, -0.1) is 0 Å². The Hall–Kier alpha value is -1.38. The smallest absolute Gasteiger partial charge is 0.253 e. The number of nitrogens with zero attached hydrogens (tertiary/aromatic N) is 1. The Kier molecular flexibility index (Phi) is 3.83. The average molecular weight is 224 g/mol. The fraction of sp³-hybridized carbons (Fsp3) is 0.400. The summed E-state index contributed by atoms with van der Waals surface area (Å²) in [4.78, 5) is 11.6. The molecule has 0 unspecified atom stereocenters. The second-order valence-corrected chi connectivity index (χ2v) is 4.12. The number of nitriles is 1. The number of hydrogen-bond acceptors (Lipinski definition) is 4. The zero-order valence-electron chi connectivity index (χ0n) is 8.61. The molecule has 0 saturated heterocycles. The maximum atomic E-state index is 11.6. The van der Waals surface area contributed by atoms with Gasteiger partial charge in [-0.3, -0.25) is 4.79 Å². The van der Waals surface area contributed by atoms with E-state index in [4.69, 9.17) is 10.00 Å². The highest BCUT2D eigenvalue weighted by molar-refractivity contribution is 7.08. The Morgan fingerprint density at radius 3 is 3.00 bits per heavy atom. The van der Waals surface area contributed by atoms with E-state index in [2.05, 4.69) is 5.32 Å². The van der Waals surface area contributed by atoms with Crippen molar-refractivity contribution in [3.8, 4) is 6.07 Å². The van der Waals surface area contributed by atoms with Gasteiger partial charge < -0.3 is 10.1 Å². The molecule has 0 aliphatic heterocycles. The first-order valence-corrected chi connectivity index (χ1v) is 5.30. The number of amides is 1. The van der Waals surface area contributed by atoms with Gasteiger partial charge in [-0.2, -0.15) is 16.6 Å². The van der Waals surface area contributed by atoms with Crippen LogP contribution in [0.2, 0.25) is 0 Å².